The van der Waals surface area contributed by atoms with Gasteiger partial charge in [0, 0.05) is 19.6 Å². The van der Waals surface area contributed by atoms with Crippen molar-refractivity contribution < 1.29 is 9.53 Å². The molecule has 0 spiro atoms. The highest BCUT2D eigenvalue weighted by molar-refractivity contribution is 5.74. The Morgan fingerprint density at radius 2 is 1.89 bits per heavy atom. The molecule has 4 nitrogen and oxygen atoms in total. The van der Waals surface area contributed by atoms with E-state index in [0.29, 0.717) is 13.1 Å². The van der Waals surface area contributed by atoms with Gasteiger partial charge in [0.25, 0.3) is 0 Å². The minimum absolute atomic E-state index is 0.0570. The molecule has 18 heavy (non-hydrogen) atoms. The van der Waals surface area contributed by atoms with Gasteiger partial charge in [0.05, 0.1) is 12.2 Å². The third-order valence-electron chi connectivity index (χ3n) is 3.19. The monoisotopic (exact) mass is 256 g/mol. The molecule has 1 fully saturated rings. The van der Waals surface area contributed by atoms with Crippen LogP contribution in [0.1, 0.15) is 47.0 Å². The van der Waals surface area contributed by atoms with Crippen molar-refractivity contribution in [3.63, 3.8) is 0 Å². The van der Waals surface area contributed by atoms with Crippen molar-refractivity contribution in [3.8, 4) is 0 Å². The molecule has 106 valence electrons. The number of nitrogens with one attached hydrogen (secondary N) is 1. The Morgan fingerprint density at radius 3 is 2.44 bits per heavy atom. The number of unbranched alkanes of at least 4 members (excludes halogenated alkanes) is 1. The molecule has 2 amide bonds. The summed E-state index contributed by atoms with van der Waals surface area (Å²) >= 11 is 0. The van der Waals surface area contributed by atoms with E-state index in [1.165, 1.54) is 12.8 Å². The minimum atomic E-state index is 0.0570. The zero-order valence-electron chi connectivity index (χ0n) is 12.2. The van der Waals surface area contributed by atoms with Crippen molar-refractivity contribution in [2.24, 2.45) is 5.92 Å². The molecule has 1 aliphatic rings. The normalized spacial score (nSPS) is 24.4. The molecule has 4 heteroatoms. The first-order valence-electron chi connectivity index (χ1n) is 7.17. The van der Waals surface area contributed by atoms with E-state index in [2.05, 4.69) is 19.2 Å². The van der Waals surface area contributed by atoms with E-state index < -0.39 is 0 Å². The first-order valence-corrected chi connectivity index (χ1v) is 7.17. The molecule has 0 bridgehead atoms. The predicted octanol–water partition coefficient (Wildman–Crippen LogP) is 2.63. The summed E-state index contributed by atoms with van der Waals surface area (Å²) in [5, 5.41) is 3.00. The number of hydrogen-bond donors (Lipinski definition) is 1. The van der Waals surface area contributed by atoms with E-state index >= 15 is 0 Å². The van der Waals surface area contributed by atoms with Gasteiger partial charge in [0.15, 0.2) is 0 Å². The average Bonchev–Trinajstić information content (AvgIpc) is 2.26. The number of hydrogen-bond acceptors (Lipinski definition) is 2. The van der Waals surface area contributed by atoms with Crippen LogP contribution in [0.4, 0.5) is 4.79 Å². The molecule has 0 aromatic carbocycles. The van der Waals surface area contributed by atoms with Crippen LogP contribution < -0.4 is 5.32 Å². The highest BCUT2D eigenvalue weighted by Crippen LogP contribution is 2.10. The highest BCUT2D eigenvalue weighted by atomic mass is 16.5. The number of ether oxygens (including phenoxy) is 1. The second-order valence-electron chi connectivity index (χ2n) is 5.78. The molecule has 0 saturated carbocycles. The van der Waals surface area contributed by atoms with Gasteiger partial charge < -0.3 is 15.0 Å². The Labute approximate surface area is 111 Å². The van der Waals surface area contributed by atoms with Gasteiger partial charge in [0.1, 0.15) is 0 Å². The molecule has 1 heterocycles. The van der Waals surface area contributed by atoms with E-state index in [4.69, 9.17) is 4.74 Å². The molecular formula is C14H28N2O2. The summed E-state index contributed by atoms with van der Waals surface area (Å²) in [6, 6.07) is 0.0570. The van der Waals surface area contributed by atoms with E-state index in [1.54, 1.807) is 0 Å². The summed E-state index contributed by atoms with van der Waals surface area (Å²) in [4.78, 5) is 13.8. The fourth-order valence-electron chi connectivity index (χ4n) is 2.33. The predicted molar refractivity (Wildman–Crippen MR) is 73.7 cm³/mol. The van der Waals surface area contributed by atoms with Gasteiger partial charge in [-0.3, -0.25) is 0 Å². The van der Waals surface area contributed by atoms with Crippen LogP contribution in [-0.4, -0.2) is 42.8 Å². The Bertz CT molecular complexity index is 246. The maximum absolute atomic E-state index is 11.9. The second-order valence-corrected chi connectivity index (χ2v) is 5.78. The largest absolute Gasteiger partial charge is 0.372 e. The molecule has 2 atom stereocenters. The summed E-state index contributed by atoms with van der Waals surface area (Å²) in [7, 11) is 0. The Kier molecular flexibility index (Phi) is 6.47. The maximum atomic E-state index is 11.9. The van der Waals surface area contributed by atoms with Gasteiger partial charge in [-0.05, 0) is 26.2 Å². The van der Waals surface area contributed by atoms with Crippen LogP contribution >= 0.6 is 0 Å². The molecule has 1 N–H and O–H groups in total. The molecule has 0 aromatic rings. The molecular weight excluding hydrogens is 228 g/mol. The number of amides is 2. The zero-order valence-corrected chi connectivity index (χ0v) is 12.2. The lowest BCUT2D eigenvalue weighted by Gasteiger charge is -2.35. The zero-order chi connectivity index (χ0) is 13.5. The lowest BCUT2D eigenvalue weighted by atomic mass is 10.1. The summed E-state index contributed by atoms with van der Waals surface area (Å²) in [6.07, 6.45) is 3.77. The molecule has 1 rings (SSSR count). The summed E-state index contributed by atoms with van der Waals surface area (Å²) in [6.45, 7) is 10.7. The van der Waals surface area contributed by atoms with Crippen molar-refractivity contribution in [2.45, 2.75) is 59.2 Å². The van der Waals surface area contributed by atoms with Crippen molar-refractivity contribution in [1.29, 1.82) is 0 Å². The maximum Gasteiger partial charge on any atom is 0.317 e. The highest BCUT2D eigenvalue weighted by Gasteiger charge is 2.25. The van der Waals surface area contributed by atoms with E-state index in [-0.39, 0.29) is 18.2 Å². The molecule has 0 aliphatic carbocycles. The van der Waals surface area contributed by atoms with Gasteiger partial charge >= 0.3 is 6.03 Å². The molecule has 0 radical (unpaired) electrons. The number of morpholine rings is 1. The van der Waals surface area contributed by atoms with Gasteiger partial charge in [-0.25, -0.2) is 4.79 Å². The van der Waals surface area contributed by atoms with E-state index in [9.17, 15) is 4.79 Å². The lowest BCUT2D eigenvalue weighted by Crippen LogP contribution is -2.51. The number of carbonyl (C=O) groups is 1. The number of nitrogens with zero attached hydrogens (tertiary/aromatic N) is 1. The number of carbonyl (C=O) groups excluding carboxylic acids is 1. The van der Waals surface area contributed by atoms with Crippen LogP contribution in [0.5, 0.6) is 0 Å². The SMILES string of the molecule is CC(C)CCCCNC(=O)N1C[C@@H](C)O[C@H](C)C1. The quantitative estimate of drug-likeness (QED) is 0.768. The molecule has 1 saturated heterocycles. The van der Waals surface area contributed by atoms with Crippen molar-refractivity contribution >= 4 is 6.03 Å². The fourth-order valence-corrected chi connectivity index (χ4v) is 2.33. The van der Waals surface area contributed by atoms with Gasteiger partial charge in [-0.1, -0.05) is 26.7 Å². The lowest BCUT2D eigenvalue weighted by molar-refractivity contribution is -0.0545. The van der Waals surface area contributed by atoms with Crippen LogP contribution in [-0.2, 0) is 4.74 Å². The Hall–Kier alpha value is -0.770. The van der Waals surface area contributed by atoms with E-state index in [1.807, 2.05) is 18.7 Å². The Morgan fingerprint density at radius 1 is 1.28 bits per heavy atom. The fraction of sp³-hybridized carbons (Fsp3) is 0.929. The van der Waals surface area contributed by atoms with Crippen LogP contribution in [0, 0.1) is 5.92 Å². The first kappa shape index (κ1) is 15.3. The molecule has 1 aliphatic heterocycles. The summed E-state index contributed by atoms with van der Waals surface area (Å²) < 4.78 is 5.61. The first-order chi connectivity index (χ1) is 8.49. The molecule has 0 aromatic heterocycles. The minimum Gasteiger partial charge on any atom is -0.372 e. The van der Waals surface area contributed by atoms with E-state index in [0.717, 1.165) is 18.9 Å². The second kappa shape index (κ2) is 7.62. The summed E-state index contributed by atoms with van der Waals surface area (Å²) in [5.41, 5.74) is 0. The van der Waals surface area contributed by atoms with Crippen molar-refractivity contribution in [1.82, 2.24) is 10.2 Å². The number of urea groups is 1. The van der Waals surface area contributed by atoms with Crippen molar-refractivity contribution in [3.05, 3.63) is 0 Å². The van der Waals surface area contributed by atoms with Gasteiger partial charge in [0.2, 0.25) is 0 Å². The summed E-state index contributed by atoms with van der Waals surface area (Å²) in [5.74, 6) is 0.752. The average molecular weight is 256 g/mol. The van der Waals surface area contributed by atoms with Gasteiger partial charge in [-0.15, -0.1) is 0 Å². The topological polar surface area (TPSA) is 41.6 Å². The van der Waals surface area contributed by atoms with Crippen LogP contribution in [0.25, 0.3) is 0 Å². The van der Waals surface area contributed by atoms with Crippen LogP contribution in [0.2, 0.25) is 0 Å². The smallest absolute Gasteiger partial charge is 0.317 e. The third kappa shape index (κ3) is 5.71. The Balaban J connectivity index is 2.16. The number of rotatable bonds is 5. The van der Waals surface area contributed by atoms with Crippen LogP contribution in [0.15, 0.2) is 0 Å². The standard InChI is InChI=1S/C14H28N2O2/c1-11(2)7-5-6-8-15-14(17)16-9-12(3)18-13(4)10-16/h11-13H,5-10H2,1-4H3,(H,15,17)/t12-,13-/m1/s1. The van der Waals surface area contributed by atoms with Crippen molar-refractivity contribution in [2.75, 3.05) is 19.6 Å². The molecule has 0 unspecified atom stereocenters. The van der Waals surface area contributed by atoms with Gasteiger partial charge in [-0.2, -0.15) is 0 Å². The van der Waals surface area contributed by atoms with Crippen LogP contribution in [0.3, 0.4) is 0 Å². The third-order valence-corrected chi connectivity index (χ3v) is 3.19.